The minimum absolute atomic E-state index is 0.364. The first-order chi connectivity index (χ1) is 10.1. The highest BCUT2D eigenvalue weighted by molar-refractivity contribution is 5.39. The molecule has 1 fully saturated rings. The predicted molar refractivity (Wildman–Crippen MR) is 84.1 cm³/mol. The lowest BCUT2D eigenvalue weighted by atomic mass is 10.3. The van der Waals surface area contributed by atoms with Crippen LogP contribution in [0.3, 0.4) is 0 Å². The minimum Gasteiger partial charge on any atom is -0.467 e. The van der Waals surface area contributed by atoms with Crippen molar-refractivity contribution in [2.24, 2.45) is 0 Å². The summed E-state index contributed by atoms with van der Waals surface area (Å²) in [6, 6.07) is 0.729. The fraction of sp³-hybridized carbons (Fsp3) is 0.786. The summed E-state index contributed by atoms with van der Waals surface area (Å²) in [4.78, 5) is 17.8. The summed E-state index contributed by atoms with van der Waals surface area (Å²) < 4.78 is 5.21. The van der Waals surface area contributed by atoms with Gasteiger partial charge in [-0.15, -0.1) is 0 Å². The van der Waals surface area contributed by atoms with Crippen molar-refractivity contribution in [3.05, 3.63) is 0 Å². The van der Waals surface area contributed by atoms with Gasteiger partial charge in [0.25, 0.3) is 0 Å². The molecule has 0 spiro atoms. The Morgan fingerprint density at radius 3 is 2.81 bits per heavy atom. The first-order valence-corrected chi connectivity index (χ1v) is 7.63. The van der Waals surface area contributed by atoms with Gasteiger partial charge in [-0.05, 0) is 33.4 Å². The summed E-state index contributed by atoms with van der Waals surface area (Å²) in [6.07, 6.45) is 2.13. The lowest BCUT2D eigenvalue weighted by Crippen LogP contribution is -2.39. The molecule has 1 aromatic heterocycles. The van der Waals surface area contributed by atoms with Crippen molar-refractivity contribution in [3.8, 4) is 6.01 Å². The van der Waals surface area contributed by atoms with Gasteiger partial charge in [-0.25, -0.2) is 0 Å². The van der Waals surface area contributed by atoms with Crippen LogP contribution in [0.25, 0.3) is 0 Å². The normalized spacial score (nSPS) is 20.2. The van der Waals surface area contributed by atoms with Crippen molar-refractivity contribution in [2.45, 2.75) is 32.7 Å². The standard InChI is InChI=1S/C14H26N6O/c1-5-7-15-12-16-13(18-14(17-12)21-4)20-9-6-8-19(3)10-11(20)2/h11H,5-10H2,1-4H3,(H,15,16,17,18). The van der Waals surface area contributed by atoms with Crippen LogP contribution in [-0.4, -0.2) is 66.2 Å². The van der Waals surface area contributed by atoms with Gasteiger partial charge in [-0.1, -0.05) is 6.92 Å². The molecule has 1 aliphatic heterocycles. The zero-order valence-electron chi connectivity index (χ0n) is 13.5. The van der Waals surface area contributed by atoms with E-state index in [-0.39, 0.29) is 0 Å². The second-order valence-corrected chi connectivity index (χ2v) is 5.53. The Balaban J connectivity index is 2.23. The Morgan fingerprint density at radius 2 is 2.10 bits per heavy atom. The molecule has 1 aromatic rings. The summed E-state index contributed by atoms with van der Waals surface area (Å²) in [5, 5.41) is 3.21. The summed E-state index contributed by atoms with van der Waals surface area (Å²) in [6.45, 7) is 8.21. The van der Waals surface area contributed by atoms with Crippen LogP contribution in [0.4, 0.5) is 11.9 Å². The SMILES string of the molecule is CCCNc1nc(OC)nc(N2CCCN(C)CC2C)n1. The van der Waals surface area contributed by atoms with Crippen LogP contribution in [0, 0.1) is 0 Å². The van der Waals surface area contributed by atoms with Crippen LogP contribution in [0.15, 0.2) is 0 Å². The molecule has 0 radical (unpaired) electrons. The Morgan fingerprint density at radius 1 is 1.29 bits per heavy atom. The Hall–Kier alpha value is -1.63. The van der Waals surface area contributed by atoms with E-state index in [2.05, 4.69) is 51.0 Å². The van der Waals surface area contributed by atoms with E-state index >= 15 is 0 Å². The molecule has 0 aromatic carbocycles. The molecule has 1 atom stereocenters. The molecule has 0 aliphatic carbocycles. The fourth-order valence-corrected chi connectivity index (χ4v) is 2.55. The van der Waals surface area contributed by atoms with Gasteiger partial charge in [0.15, 0.2) is 0 Å². The van der Waals surface area contributed by atoms with Gasteiger partial charge >= 0.3 is 6.01 Å². The molecule has 2 heterocycles. The molecule has 1 aliphatic rings. The topological polar surface area (TPSA) is 66.4 Å². The number of hydrogen-bond acceptors (Lipinski definition) is 7. The number of methoxy groups -OCH3 is 1. The number of anilines is 2. The van der Waals surface area contributed by atoms with E-state index in [0.717, 1.165) is 39.0 Å². The third-order valence-electron chi connectivity index (χ3n) is 3.62. The fourth-order valence-electron chi connectivity index (χ4n) is 2.55. The highest BCUT2D eigenvalue weighted by Crippen LogP contribution is 2.19. The maximum Gasteiger partial charge on any atom is 0.322 e. The van der Waals surface area contributed by atoms with E-state index in [9.17, 15) is 0 Å². The zero-order chi connectivity index (χ0) is 15.2. The molecule has 2 rings (SSSR count). The number of likely N-dealkylation sites (N-methyl/N-ethyl adjacent to an activating group) is 1. The third-order valence-corrected chi connectivity index (χ3v) is 3.62. The zero-order valence-corrected chi connectivity index (χ0v) is 13.5. The Labute approximate surface area is 126 Å². The van der Waals surface area contributed by atoms with Gasteiger partial charge < -0.3 is 19.9 Å². The largest absolute Gasteiger partial charge is 0.467 e. The molecule has 0 saturated carbocycles. The molecule has 7 nitrogen and oxygen atoms in total. The van der Waals surface area contributed by atoms with Gasteiger partial charge in [0.1, 0.15) is 0 Å². The first kappa shape index (κ1) is 15.8. The minimum atomic E-state index is 0.364. The maximum atomic E-state index is 5.21. The van der Waals surface area contributed by atoms with Gasteiger partial charge in [0, 0.05) is 25.7 Å². The predicted octanol–water partition coefficient (Wildman–Crippen LogP) is 1.23. The second-order valence-electron chi connectivity index (χ2n) is 5.53. The molecule has 1 unspecified atom stereocenters. The molecular weight excluding hydrogens is 268 g/mol. The first-order valence-electron chi connectivity index (χ1n) is 7.63. The van der Waals surface area contributed by atoms with Crippen molar-refractivity contribution in [2.75, 3.05) is 50.6 Å². The average Bonchev–Trinajstić information content (AvgIpc) is 2.65. The van der Waals surface area contributed by atoms with Crippen molar-refractivity contribution in [3.63, 3.8) is 0 Å². The average molecular weight is 294 g/mol. The lowest BCUT2D eigenvalue weighted by molar-refractivity contribution is 0.336. The lowest BCUT2D eigenvalue weighted by Gasteiger charge is -2.28. The Bertz CT molecular complexity index is 455. The van der Waals surface area contributed by atoms with E-state index in [0.29, 0.717) is 23.9 Å². The van der Waals surface area contributed by atoms with Crippen LogP contribution >= 0.6 is 0 Å². The van der Waals surface area contributed by atoms with Gasteiger partial charge in [-0.2, -0.15) is 15.0 Å². The van der Waals surface area contributed by atoms with Crippen LogP contribution in [-0.2, 0) is 0 Å². The molecule has 118 valence electrons. The van der Waals surface area contributed by atoms with Gasteiger partial charge in [0.2, 0.25) is 11.9 Å². The molecule has 7 heteroatoms. The quantitative estimate of drug-likeness (QED) is 0.876. The summed E-state index contributed by atoms with van der Waals surface area (Å²) in [5.41, 5.74) is 0. The van der Waals surface area contributed by atoms with Crippen molar-refractivity contribution in [1.82, 2.24) is 19.9 Å². The number of nitrogens with one attached hydrogen (secondary N) is 1. The molecular formula is C14H26N6O. The van der Waals surface area contributed by atoms with Gasteiger partial charge in [0.05, 0.1) is 7.11 Å². The highest BCUT2D eigenvalue weighted by atomic mass is 16.5. The van der Waals surface area contributed by atoms with E-state index in [1.807, 2.05) is 0 Å². The van der Waals surface area contributed by atoms with Crippen LogP contribution < -0.4 is 15.0 Å². The Kier molecular flexibility index (Phi) is 5.55. The molecule has 0 amide bonds. The van der Waals surface area contributed by atoms with E-state index in [1.165, 1.54) is 0 Å². The van der Waals surface area contributed by atoms with E-state index in [1.54, 1.807) is 7.11 Å². The smallest absolute Gasteiger partial charge is 0.322 e. The van der Waals surface area contributed by atoms with E-state index in [4.69, 9.17) is 4.74 Å². The number of rotatable bonds is 5. The second kappa shape index (κ2) is 7.40. The summed E-state index contributed by atoms with van der Waals surface area (Å²) in [7, 11) is 3.74. The number of aromatic nitrogens is 3. The highest BCUT2D eigenvalue weighted by Gasteiger charge is 2.23. The summed E-state index contributed by atoms with van der Waals surface area (Å²) >= 11 is 0. The molecule has 21 heavy (non-hydrogen) atoms. The number of hydrogen-bond donors (Lipinski definition) is 1. The van der Waals surface area contributed by atoms with Crippen molar-refractivity contribution >= 4 is 11.9 Å². The van der Waals surface area contributed by atoms with Crippen molar-refractivity contribution in [1.29, 1.82) is 0 Å². The molecule has 1 saturated heterocycles. The number of nitrogens with zero attached hydrogens (tertiary/aromatic N) is 5. The number of ether oxygens (including phenoxy) is 1. The maximum absolute atomic E-state index is 5.21. The monoisotopic (exact) mass is 294 g/mol. The van der Waals surface area contributed by atoms with Crippen LogP contribution in [0.5, 0.6) is 6.01 Å². The molecule has 1 N–H and O–H groups in total. The third kappa shape index (κ3) is 4.17. The van der Waals surface area contributed by atoms with Crippen LogP contribution in [0.1, 0.15) is 26.7 Å². The van der Waals surface area contributed by atoms with Crippen molar-refractivity contribution < 1.29 is 4.74 Å². The summed E-state index contributed by atoms with van der Waals surface area (Å²) in [5.74, 6) is 1.28. The van der Waals surface area contributed by atoms with Gasteiger partial charge in [-0.3, -0.25) is 0 Å². The van der Waals surface area contributed by atoms with E-state index < -0.39 is 0 Å². The molecule has 0 bridgehead atoms. The van der Waals surface area contributed by atoms with Crippen LogP contribution in [0.2, 0.25) is 0 Å².